The predicted molar refractivity (Wildman–Crippen MR) is 107 cm³/mol. The van der Waals surface area contributed by atoms with Gasteiger partial charge < -0.3 is 19.4 Å². The predicted octanol–water partition coefficient (Wildman–Crippen LogP) is 1.91. The summed E-state index contributed by atoms with van der Waals surface area (Å²) in [6.07, 6.45) is 0. The fraction of sp³-hybridized carbons (Fsp3) is 0.0952. The fourth-order valence-corrected chi connectivity index (χ4v) is 3.09. The van der Waals surface area contributed by atoms with E-state index in [1.807, 2.05) is 0 Å². The van der Waals surface area contributed by atoms with Gasteiger partial charge in [-0.15, -0.1) is 0 Å². The Hall–Kier alpha value is -4.27. The maximum atomic E-state index is 12.6. The largest absolute Gasteiger partial charge is 0.465 e. The summed E-state index contributed by atoms with van der Waals surface area (Å²) in [5.41, 5.74) is 0.225. The highest BCUT2D eigenvalue weighted by atomic mass is 16.5. The molecule has 9 heteroatoms. The fourth-order valence-electron chi connectivity index (χ4n) is 3.09. The Kier molecular flexibility index (Phi) is 4.85. The number of benzene rings is 2. The monoisotopic (exact) mass is 405 g/mol. The molecule has 4 aromatic rings. The van der Waals surface area contributed by atoms with Crippen LogP contribution in [0.2, 0.25) is 0 Å². The minimum Gasteiger partial charge on any atom is -0.465 e. The molecule has 0 unspecified atom stereocenters. The molecule has 30 heavy (non-hydrogen) atoms. The van der Waals surface area contributed by atoms with Crippen LogP contribution in [0.15, 0.2) is 58.1 Å². The summed E-state index contributed by atoms with van der Waals surface area (Å²) < 4.78 is 9.93. The Labute approximate surface area is 168 Å². The van der Waals surface area contributed by atoms with E-state index < -0.39 is 23.1 Å². The van der Waals surface area contributed by atoms with Gasteiger partial charge in [-0.2, -0.15) is 0 Å². The Morgan fingerprint density at radius 1 is 0.967 bits per heavy atom. The van der Waals surface area contributed by atoms with Gasteiger partial charge in [0.15, 0.2) is 0 Å². The van der Waals surface area contributed by atoms with E-state index in [-0.39, 0.29) is 34.5 Å². The Morgan fingerprint density at radius 2 is 1.77 bits per heavy atom. The van der Waals surface area contributed by atoms with Gasteiger partial charge >= 0.3 is 11.9 Å². The van der Waals surface area contributed by atoms with E-state index in [4.69, 9.17) is 4.74 Å². The zero-order valence-electron chi connectivity index (χ0n) is 15.7. The van der Waals surface area contributed by atoms with Crippen molar-refractivity contribution in [2.24, 2.45) is 0 Å². The Balaban J connectivity index is 1.64. The standard InChI is InChI=1S/C21H15N3O6/c1-29-20(27)11-6-7-13-16(8-11)22-17(24-19(13)26)10-30-21(28)14-9-18(25)23-15-5-3-2-4-12(14)15/h2-9H,10H2,1H3,(H,23,25)(H,22,24,26). The molecule has 2 aromatic carbocycles. The lowest BCUT2D eigenvalue weighted by Gasteiger charge is -2.08. The molecule has 150 valence electrons. The number of aromatic amines is 2. The van der Waals surface area contributed by atoms with Gasteiger partial charge in [0.05, 0.1) is 29.1 Å². The van der Waals surface area contributed by atoms with Gasteiger partial charge in [0.2, 0.25) is 5.56 Å². The molecule has 0 atom stereocenters. The number of hydrogen-bond acceptors (Lipinski definition) is 7. The third-order valence-corrected chi connectivity index (χ3v) is 4.49. The van der Waals surface area contributed by atoms with Crippen molar-refractivity contribution in [1.29, 1.82) is 0 Å². The number of nitrogens with one attached hydrogen (secondary N) is 2. The number of esters is 2. The van der Waals surface area contributed by atoms with E-state index in [2.05, 4.69) is 19.7 Å². The van der Waals surface area contributed by atoms with E-state index in [0.717, 1.165) is 6.07 Å². The van der Waals surface area contributed by atoms with Gasteiger partial charge in [-0.1, -0.05) is 18.2 Å². The number of pyridine rings is 1. The second-order valence-electron chi connectivity index (χ2n) is 6.41. The van der Waals surface area contributed by atoms with Crippen molar-refractivity contribution in [3.05, 3.63) is 86.2 Å². The van der Waals surface area contributed by atoms with Crippen molar-refractivity contribution < 1.29 is 19.1 Å². The van der Waals surface area contributed by atoms with E-state index in [9.17, 15) is 19.2 Å². The quantitative estimate of drug-likeness (QED) is 0.496. The molecule has 0 aliphatic heterocycles. The normalized spacial score (nSPS) is 10.8. The molecule has 4 rings (SSSR count). The summed E-state index contributed by atoms with van der Waals surface area (Å²) >= 11 is 0. The zero-order valence-corrected chi connectivity index (χ0v) is 15.7. The van der Waals surface area contributed by atoms with Gasteiger partial charge in [-0.3, -0.25) is 9.59 Å². The molecule has 0 saturated carbocycles. The molecule has 2 heterocycles. The number of hydrogen-bond donors (Lipinski definition) is 2. The van der Waals surface area contributed by atoms with Crippen molar-refractivity contribution >= 4 is 33.7 Å². The van der Waals surface area contributed by atoms with Crippen molar-refractivity contribution in [3.63, 3.8) is 0 Å². The summed E-state index contributed by atoms with van der Waals surface area (Å²) in [6.45, 7) is -0.326. The first-order valence-electron chi connectivity index (χ1n) is 8.87. The van der Waals surface area contributed by atoms with Gasteiger partial charge in [0, 0.05) is 17.0 Å². The number of para-hydroxylation sites is 1. The molecule has 0 aliphatic carbocycles. The minimum atomic E-state index is -0.733. The highest BCUT2D eigenvalue weighted by molar-refractivity contribution is 6.03. The molecular weight excluding hydrogens is 390 g/mol. The summed E-state index contributed by atoms with van der Waals surface area (Å²) in [7, 11) is 1.25. The van der Waals surface area contributed by atoms with E-state index in [1.165, 1.54) is 25.3 Å². The molecule has 0 bridgehead atoms. The van der Waals surface area contributed by atoms with Crippen LogP contribution in [0.5, 0.6) is 0 Å². The summed E-state index contributed by atoms with van der Waals surface area (Å²) in [6, 6.07) is 12.3. The first-order chi connectivity index (χ1) is 14.5. The zero-order chi connectivity index (χ0) is 21.3. The maximum Gasteiger partial charge on any atom is 0.339 e. The van der Waals surface area contributed by atoms with Crippen LogP contribution in [0.3, 0.4) is 0 Å². The van der Waals surface area contributed by atoms with E-state index in [0.29, 0.717) is 10.9 Å². The van der Waals surface area contributed by atoms with Crippen molar-refractivity contribution in [1.82, 2.24) is 15.0 Å². The number of methoxy groups -OCH3 is 1. The van der Waals surface area contributed by atoms with E-state index >= 15 is 0 Å². The summed E-state index contributed by atoms with van der Waals surface area (Å²) in [5.74, 6) is -1.20. The van der Waals surface area contributed by atoms with Crippen molar-refractivity contribution in [3.8, 4) is 0 Å². The van der Waals surface area contributed by atoms with Crippen LogP contribution in [0.1, 0.15) is 26.5 Å². The lowest BCUT2D eigenvalue weighted by atomic mass is 10.1. The number of carbonyl (C=O) groups excluding carboxylic acids is 2. The Morgan fingerprint density at radius 3 is 2.57 bits per heavy atom. The third-order valence-electron chi connectivity index (χ3n) is 4.49. The lowest BCUT2D eigenvalue weighted by molar-refractivity contribution is 0.0464. The lowest BCUT2D eigenvalue weighted by Crippen LogP contribution is -2.16. The molecule has 0 amide bonds. The first-order valence-corrected chi connectivity index (χ1v) is 8.87. The van der Waals surface area contributed by atoms with Gasteiger partial charge in [-0.05, 0) is 24.3 Å². The highest BCUT2D eigenvalue weighted by Gasteiger charge is 2.15. The van der Waals surface area contributed by atoms with Gasteiger partial charge in [0.25, 0.3) is 5.56 Å². The second kappa shape index (κ2) is 7.63. The van der Waals surface area contributed by atoms with Crippen LogP contribution >= 0.6 is 0 Å². The van der Waals surface area contributed by atoms with Crippen molar-refractivity contribution in [2.75, 3.05) is 7.11 Å². The van der Waals surface area contributed by atoms with E-state index in [1.54, 1.807) is 24.3 Å². The molecular formula is C21H15N3O6. The van der Waals surface area contributed by atoms with Crippen LogP contribution in [-0.2, 0) is 16.1 Å². The van der Waals surface area contributed by atoms with Gasteiger partial charge in [-0.25, -0.2) is 14.6 Å². The topological polar surface area (TPSA) is 131 Å². The summed E-state index contributed by atoms with van der Waals surface area (Å²) in [5, 5.41) is 0.808. The molecule has 0 spiro atoms. The minimum absolute atomic E-state index is 0.0945. The Bertz CT molecular complexity index is 1420. The third kappa shape index (κ3) is 3.55. The number of aromatic nitrogens is 3. The number of rotatable bonds is 4. The van der Waals surface area contributed by atoms with Crippen LogP contribution in [0, 0.1) is 0 Å². The van der Waals surface area contributed by atoms with Crippen LogP contribution in [0.4, 0.5) is 0 Å². The number of nitrogens with zero attached hydrogens (tertiary/aromatic N) is 1. The molecule has 9 nitrogen and oxygen atoms in total. The number of ether oxygens (including phenoxy) is 2. The summed E-state index contributed by atoms with van der Waals surface area (Å²) in [4.78, 5) is 57.8. The average Bonchev–Trinajstić information content (AvgIpc) is 2.75. The average molecular weight is 405 g/mol. The van der Waals surface area contributed by atoms with Crippen LogP contribution < -0.4 is 11.1 Å². The maximum absolute atomic E-state index is 12.6. The molecule has 0 fully saturated rings. The number of fused-ring (bicyclic) bond motifs is 2. The van der Waals surface area contributed by atoms with Gasteiger partial charge in [0.1, 0.15) is 12.4 Å². The van der Waals surface area contributed by atoms with Crippen LogP contribution in [0.25, 0.3) is 21.8 Å². The molecule has 2 aromatic heterocycles. The highest BCUT2D eigenvalue weighted by Crippen LogP contribution is 2.16. The first kappa shape index (κ1) is 19.1. The second-order valence-corrected chi connectivity index (χ2v) is 6.41. The smallest absolute Gasteiger partial charge is 0.339 e. The molecule has 0 aliphatic rings. The molecule has 0 saturated heterocycles. The SMILES string of the molecule is COC(=O)c1ccc2c(=O)[nH]c(COC(=O)c3cc(=O)[nH]c4ccccc34)nc2c1. The molecule has 0 radical (unpaired) electrons. The molecule has 2 N–H and O–H groups in total. The number of H-pyrrole nitrogens is 2. The number of carbonyl (C=O) groups is 2. The van der Waals surface area contributed by atoms with Crippen LogP contribution in [-0.4, -0.2) is 34.0 Å². The van der Waals surface area contributed by atoms with Crippen molar-refractivity contribution in [2.45, 2.75) is 6.61 Å².